The Balaban J connectivity index is 2.49. The molecule has 0 radical (unpaired) electrons. The number of hydrogen-bond acceptors (Lipinski definition) is 5. The predicted molar refractivity (Wildman–Crippen MR) is 76.8 cm³/mol. The second-order valence-corrected chi connectivity index (χ2v) is 5.29. The fraction of sp³-hybridized carbons (Fsp3) is 0.692. The van der Waals surface area contributed by atoms with E-state index in [1.807, 2.05) is 6.07 Å². The molecule has 1 aromatic rings. The van der Waals surface area contributed by atoms with Crippen LogP contribution in [0.3, 0.4) is 0 Å². The van der Waals surface area contributed by atoms with Crippen LogP contribution in [0.1, 0.15) is 33.6 Å². The molecule has 0 amide bonds. The molecule has 1 rings (SSSR count). The molecular weight excluding hydrogens is 226 g/mol. The van der Waals surface area contributed by atoms with E-state index in [0.29, 0.717) is 6.54 Å². The second kappa shape index (κ2) is 7.16. The highest BCUT2D eigenvalue weighted by Crippen LogP contribution is 2.15. The standard InChI is InChI=1S/C13H25N5/c1-4-5-6-15-11-7-12(18-10-17-11)16-9-13(2,3)8-14/h7,10H,4-6,8-9,14H2,1-3H3,(H2,15,16,17,18). The summed E-state index contributed by atoms with van der Waals surface area (Å²) >= 11 is 0. The maximum Gasteiger partial charge on any atom is 0.131 e. The SMILES string of the molecule is CCCCNc1cc(NCC(C)(C)CN)ncn1. The molecule has 0 atom stereocenters. The molecule has 1 heterocycles. The van der Waals surface area contributed by atoms with E-state index < -0.39 is 0 Å². The van der Waals surface area contributed by atoms with Crippen molar-refractivity contribution in [2.45, 2.75) is 33.6 Å². The molecule has 5 heteroatoms. The van der Waals surface area contributed by atoms with Crippen molar-refractivity contribution in [3.63, 3.8) is 0 Å². The van der Waals surface area contributed by atoms with E-state index in [1.54, 1.807) is 6.33 Å². The number of nitrogens with one attached hydrogen (secondary N) is 2. The lowest BCUT2D eigenvalue weighted by Gasteiger charge is -2.22. The summed E-state index contributed by atoms with van der Waals surface area (Å²) in [5.74, 6) is 1.71. The molecule has 0 saturated heterocycles. The minimum atomic E-state index is 0.0702. The summed E-state index contributed by atoms with van der Waals surface area (Å²) in [7, 11) is 0. The van der Waals surface area contributed by atoms with Crippen LogP contribution in [0.2, 0.25) is 0 Å². The molecule has 1 aromatic heterocycles. The molecular formula is C13H25N5. The van der Waals surface area contributed by atoms with Gasteiger partial charge in [0, 0.05) is 19.2 Å². The van der Waals surface area contributed by atoms with Gasteiger partial charge in [0.05, 0.1) is 0 Å². The highest BCUT2D eigenvalue weighted by molar-refractivity contribution is 5.46. The monoisotopic (exact) mass is 251 g/mol. The van der Waals surface area contributed by atoms with Crippen molar-refractivity contribution < 1.29 is 0 Å². The number of nitrogens with two attached hydrogens (primary N) is 1. The highest BCUT2D eigenvalue weighted by atomic mass is 15.1. The Kier molecular flexibility index (Phi) is 5.85. The van der Waals surface area contributed by atoms with Gasteiger partial charge in [-0.1, -0.05) is 27.2 Å². The summed E-state index contributed by atoms with van der Waals surface area (Å²) in [6.45, 7) is 8.82. The molecule has 4 N–H and O–H groups in total. The van der Waals surface area contributed by atoms with Gasteiger partial charge in [-0.2, -0.15) is 0 Å². The Morgan fingerprint density at radius 1 is 1.22 bits per heavy atom. The van der Waals surface area contributed by atoms with Crippen LogP contribution in [0.5, 0.6) is 0 Å². The lowest BCUT2D eigenvalue weighted by Crippen LogP contribution is -2.31. The molecule has 18 heavy (non-hydrogen) atoms. The molecule has 0 fully saturated rings. The van der Waals surface area contributed by atoms with Crippen molar-refractivity contribution in [3.8, 4) is 0 Å². The summed E-state index contributed by atoms with van der Waals surface area (Å²) < 4.78 is 0. The van der Waals surface area contributed by atoms with Crippen molar-refractivity contribution in [2.24, 2.45) is 11.1 Å². The summed E-state index contributed by atoms with van der Waals surface area (Å²) in [5.41, 5.74) is 5.77. The normalized spacial score (nSPS) is 11.3. The number of aromatic nitrogens is 2. The van der Waals surface area contributed by atoms with Crippen LogP contribution in [0, 0.1) is 5.41 Å². The van der Waals surface area contributed by atoms with E-state index in [9.17, 15) is 0 Å². The molecule has 0 aromatic carbocycles. The first kappa shape index (κ1) is 14.7. The van der Waals surface area contributed by atoms with E-state index in [0.717, 1.165) is 31.1 Å². The van der Waals surface area contributed by atoms with Gasteiger partial charge >= 0.3 is 0 Å². The lowest BCUT2D eigenvalue weighted by atomic mass is 9.94. The van der Waals surface area contributed by atoms with Crippen molar-refractivity contribution in [3.05, 3.63) is 12.4 Å². The second-order valence-electron chi connectivity index (χ2n) is 5.29. The minimum absolute atomic E-state index is 0.0702. The summed E-state index contributed by atoms with van der Waals surface area (Å²) in [5, 5.41) is 6.58. The van der Waals surface area contributed by atoms with Crippen molar-refractivity contribution >= 4 is 11.6 Å². The van der Waals surface area contributed by atoms with Gasteiger partial charge in [0.15, 0.2) is 0 Å². The van der Waals surface area contributed by atoms with Crippen LogP contribution in [0.15, 0.2) is 12.4 Å². The van der Waals surface area contributed by atoms with Crippen LogP contribution in [-0.4, -0.2) is 29.6 Å². The molecule has 0 aliphatic heterocycles. The van der Waals surface area contributed by atoms with Crippen molar-refractivity contribution in [1.82, 2.24) is 9.97 Å². The van der Waals surface area contributed by atoms with Gasteiger partial charge in [0.2, 0.25) is 0 Å². The van der Waals surface area contributed by atoms with Gasteiger partial charge in [0.1, 0.15) is 18.0 Å². The van der Waals surface area contributed by atoms with Crippen LogP contribution in [0.4, 0.5) is 11.6 Å². The van der Waals surface area contributed by atoms with E-state index in [2.05, 4.69) is 41.4 Å². The molecule has 0 unspecified atom stereocenters. The van der Waals surface area contributed by atoms with Gasteiger partial charge in [-0.25, -0.2) is 9.97 Å². The number of rotatable bonds is 8. The fourth-order valence-electron chi connectivity index (χ4n) is 1.35. The third-order valence-electron chi connectivity index (χ3n) is 2.80. The largest absolute Gasteiger partial charge is 0.370 e. The molecule has 0 aliphatic carbocycles. The molecule has 0 aliphatic rings. The zero-order valence-electron chi connectivity index (χ0n) is 11.7. The molecule has 0 bridgehead atoms. The first-order chi connectivity index (χ1) is 8.57. The Bertz CT molecular complexity index is 351. The predicted octanol–water partition coefficient (Wildman–Crippen LogP) is 2.09. The zero-order valence-corrected chi connectivity index (χ0v) is 11.7. The average Bonchev–Trinajstić information content (AvgIpc) is 2.38. The van der Waals surface area contributed by atoms with Crippen LogP contribution >= 0.6 is 0 Å². The molecule has 5 nitrogen and oxygen atoms in total. The van der Waals surface area contributed by atoms with Crippen molar-refractivity contribution in [2.75, 3.05) is 30.3 Å². The maximum absolute atomic E-state index is 5.70. The Morgan fingerprint density at radius 2 is 1.89 bits per heavy atom. The third-order valence-corrected chi connectivity index (χ3v) is 2.80. The fourth-order valence-corrected chi connectivity index (χ4v) is 1.35. The Morgan fingerprint density at radius 3 is 2.50 bits per heavy atom. The van der Waals surface area contributed by atoms with E-state index in [1.165, 1.54) is 6.42 Å². The number of nitrogens with zero attached hydrogens (tertiary/aromatic N) is 2. The van der Waals surface area contributed by atoms with Gasteiger partial charge in [-0.15, -0.1) is 0 Å². The quantitative estimate of drug-likeness (QED) is 0.617. The molecule has 0 spiro atoms. The summed E-state index contributed by atoms with van der Waals surface area (Å²) in [6.07, 6.45) is 3.90. The van der Waals surface area contributed by atoms with Crippen LogP contribution in [0.25, 0.3) is 0 Å². The maximum atomic E-state index is 5.70. The van der Waals surface area contributed by atoms with Gasteiger partial charge in [-0.3, -0.25) is 0 Å². The first-order valence-corrected chi connectivity index (χ1v) is 6.57. The van der Waals surface area contributed by atoms with Gasteiger partial charge in [-0.05, 0) is 18.4 Å². The lowest BCUT2D eigenvalue weighted by molar-refractivity contribution is 0.405. The Hall–Kier alpha value is -1.36. The topological polar surface area (TPSA) is 75.9 Å². The van der Waals surface area contributed by atoms with E-state index >= 15 is 0 Å². The average molecular weight is 251 g/mol. The van der Waals surface area contributed by atoms with Crippen molar-refractivity contribution in [1.29, 1.82) is 0 Å². The number of unbranched alkanes of at least 4 members (excludes halogenated alkanes) is 1. The van der Waals surface area contributed by atoms with Crippen LogP contribution < -0.4 is 16.4 Å². The highest BCUT2D eigenvalue weighted by Gasteiger charge is 2.15. The van der Waals surface area contributed by atoms with E-state index in [4.69, 9.17) is 5.73 Å². The summed E-state index contributed by atoms with van der Waals surface area (Å²) in [4.78, 5) is 8.39. The Labute approximate surface area is 110 Å². The van der Waals surface area contributed by atoms with E-state index in [-0.39, 0.29) is 5.41 Å². The number of hydrogen-bond donors (Lipinski definition) is 3. The zero-order chi connectivity index (χ0) is 13.4. The van der Waals surface area contributed by atoms with Gasteiger partial charge in [0.25, 0.3) is 0 Å². The summed E-state index contributed by atoms with van der Waals surface area (Å²) in [6, 6.07) is 1.93. The van der Waals surface area contributed by atoms with Crippen LogP contribution in [-0.2, 0) is 0 Å². The van der Waals surface area contributed by atoms with Gasteiger partial charge < -0.3 is 16.4 Å². The third kappa shape index (κ3) is 5.31. The number of anilines is 2. The molecule has 102 valence electrons. The molecule has 0 saturated carbocycles. The smallest absolute Gasteiger partial charge is 0.131 e. The minimum Gasteiger partial charge on any atom is -0.370 e. The first-order valence-electron chi connectivity index (χ1n) is 6.57.